The summed E-state index contributed by atoms with van der Waals surface area (Å²) in [5.74, 6) is 0. The van der Waals surface area contributed by atoms with Gasteiger partial charge in [-0.1, -0.05) is 0 Å². The maximum Gasteiger partial charge on any atom is 0.0292 e. The van der Waals surface area contributed by atoms with E-state index in [0.717, 1.165) is 19.4 Å². The monoisotopic (exact) mass is 210 g/mol. The van der Waals surface area contributed by atoms with E-state index >= 15 is 0 Å². The van der Waals surface area contributed by atoms with E-state index in [1.165, 1.54) is 9.75 Å². The average Bonchev–Trinajstić information content (AvgIpc) is 2.67. The summed E-state index contributed by atoms with van der Waals surface area (Å²) in [5, 5.41) is 0. The molecule has 1 aliphatic heterocycles. The van der Waals surface area contributed by atoms with E-state index < -0.39 is 0 Å². The first-order valence-electron chi connectivity index (χ1n) is 5.18. The topological polar surface area (TPSA) is 29.3 Å². The van der Waals surface area contributed by atoms with E-state index in [1.807, 2.05) is 11.3 Å². The van der Waals surface area contributed by atoms with Crippen molar-refractivity contribution in [3.63, 3.8) is 0 Å². The molecule has 2 rings (SSSR count). The molecule has 1 aromatic rings. The molecule has 0 aliphatic carbocycles. The number of likely N-dealkylation sites (tertiary alicyclic amines) is 1. The Labute approximate surface area is 89.7 Å². The van der Waals surface area contributed by atoms with Gasteiger partial charge in [0.1, 0.15) is 0 Å². The molecule has 0 radical (unpaired) electrons. The van der Waals surface area contributed by atoms with Gasteiger partial charge in [0.25, 0.3) is 0 Å². The first-order chi connectivity index (χ1) is 6.66. The minimum absolute atomic E-state index is 0.363. The second-order valence-electron chi connectivity index (χ2n) is 4.22. The van der Waals surface area contributed by atoms with Crippen LogP contribution in [0.4, 0.5) is 0 Å². The minimum atomic E-state index is 0.363. The van der Waals surface area contributed by atoms with Gasteiger partial charge in [-0.05, 0) is 45.5 Å². The van der Waals surface area contributed by atoms with Crippen LogP contribution in [0.1, 0.15) is 16.2 Å². The molecule has 1 aromatic heterocycles. The van der Waals surface area contributed by atoms with Gasteiger partial charge in [0, 0.05) is 21.8 Å². The van der Waals surface area contributed by atoms with Crippen molar-refractivity contribution < 1.29 is 0 Å². The highest BCUT2D eigenvalue weighted by molar-refractivity contribution is 7.11. The van der Waals surface area contributed by atoms with Crippen molar-refractivity contribution in [2.75, 3.05) is 13.6 Å². The van der Waals surface area contributed by atoms with Crippen molar-refractivity contribution in [3.8, 4) is 0 Å². The van der Waals surface area contributed by atoms with Crippen LogP contribution in [0.5, 0.6) is 0 Å². The number of thiophene rings is 1. The number of nitrogens with two attached hydrogens (primary N) is 1. The summed E-state index contributed by atoms with van der Waals surface area (Å²) in [5.41, 5.74) is 6.09. The lowest BCUT2D eigenvalue weighted by Crippen LogP contribution is -2.38. The Bertz CT molecular complexity index is 298. The van der Waals surface area contributed by atoms with E-state index in [1.54, 1.807) is 0 Å². The molecule has 0 spiro atoms. The molecule has 2 atom stereocenters. The summed E-state index contributed by atoms with van der Waals surface area (Å²) in [6.45, 7) is 3.31. The van der Waals surface area contributed by atoms with Crippen LogP contribution in [0.3, 0.4) is 0 Å². The largest absolute Gasteiger partial charge is 0.326 e. The van der Waals surface area contributed by atoms with Gasteiger partial charge in [0.05, 0.1) is 0 Å². The molecule has 2 unspecified atom stereocenters. The van der Waals surface area contributed by atoms with Crippen molar-refractivity contribution >= 4 is 11.3 Å². The SMILES string of the molecule is Cc1ccc(CC2C(N)CCN2C)s1. The predicted octanol–water partition coefficient (Wildman–Crippen LogP) is 1.63. The minimum Gasteiger partial charge on any atom is -0.326 e. The molecule has 2 nitrogen and oxygen atoms in total. The second kappa shape index (κ2) is 4.01. The first-order valence-corrected chi connectivity index (χ1v) is 5.99. The van der Waals surface area contributed by atoms with Gasteiger partial charge < -0.3 is 10.6 Å². The van der Waals surface area contributed by atoms with Crippen LogP contribution in [-0.2, 0) is 6.42 Å². The lowest BCUT2D eigenvalue weighted by atomic mass is 10.1. The zero-order valence-corrected chi connectivity index (χ0v) is 9.68. The summed E-state index contributed by atoms with van der Waals surface area (Å²) in [6.07, 6.45) is 2.27. The summed E-state index contributed by atoms with van der Waals surface area (Å²) in [7, 11) is 2.18. The van der Waals surface area contributed by atoms with Crippen LogP contribution >= 0.6 is 11.3 Å². The van der Waals surface area contributed by atoms with Crippen LogP contribution in [-0.4, -0.2) is 30.6 Å². The molecular formula is C11H18N2S. The zero-order valence-electron chi connectivity index (χ0n) is 8.86. The lowest BCUT2D eigenvalue weighted by Gasteiger charge is -2.21. The molecule has 2 heterocycles. The normalized spacial score (nSPS) is 28.5. The molecule has 3 heteroatoms. The molecule has 1 saturated heterocycles. The van der Waals surface area contributed by atoms with E-state index in [-0.39, 0.29) is 0 Å². The van der Waals surface area contributed by atoms with Crippen LogP contribution < -0.4 is 5.73 Å². The number of hydrogen-bond donors (Lipinski definition) is 1. The molecule has 0 bridgehead atoms. The van der Waals surface area contributed by atoms with Crippen LogP contribution in [0, 0.1) is 6.92 Å². The van der Waals surface area contributed by atoms with Crippen molar-refractivity contribution in [1.82, 2.24) is 4.90 Å². The van der Waals surface area contributed by atoms with Gasteiger partial charge in [-0.25, -0.2) is 0 Å². The Kier molecular flexibility index (Phi) is 2.91. The zero-order chi connectivity index (χ0) is 10.1. The number of rotatable bonds is 2. The highest BCUT2D eigenvalue weighted by Gasteiger charge is 2.28. The second-order valence-corrected chi connectivity index (χ2v) is 5.59. The molecule has 2 N–H and O–H groups in total. The number of nitrogens with zero attached hydrogens (tertiary/aromatic N) is 1. The Morgan fingerprint density at radius 2 is 2.36 bits per heavy atom. The summed E-state index contributed by atoms with van der Waals surface area (Å²) in [6, 6.07) is 5.34. The lowest BCUT2D eigenvalue weighted by molar-refractivity contribution is 0.297. The van der Waals surface area contributed by atoms with Gasteiger partial charge in [0.2, 0.25) is 0 Å². The average molecular weight is 210 g/mol. The molecule has 14 heavy (non-hydrogen) atoms. The van der Waals surface area contributed by atoms with E-state index in [0.29, 0.717) is 12.1 Å². The third-order valence-corrected chi connectivity index (χ3v) is 4.10. The standard InChI is InChI=1S/C11H18N2S/c1-8-3-4-9(14-8)7-11-10(12)5-6-13(11)2/h3-4,10-11H,5-7,12H2,1-2H3. The third kappa shape index (κ3) is 2.00. The predicted molar refractivity (Wildman–Crippen MR) is 61.8 cm³/mol. The van der Waals surface area contributed by atoms with E-state index in [9.17, 15) is 0 Å². The van der Waals surface area contributed by atoms with Crippen molar-refractivity contribution in [2.45, 2.75) is 31.8 Å². The Hall–Kier alpha value is -0.380. The highest BCUT2D eigenvalue weighted by atomic mass is 32.1. The van der Waals surface area contributed by atoms with Crippen LogP contribution in [0.25, 0.3) is 0 Å². The third-order valence-electron chi connectivity index (χ3n) is 3.08. The van der Waals surface area contributed by atoms with Crippen molar-refractivity contribution in [3.05, 3.63) is 21.9 Å². The Morgan fingerprint density at radius 1 is 1.57 bits per heavy atom. The molecular weight excluding hydrogens is 192 g/mol. The number of aryl methyl sites for hydroxylation is 1. The molecule has 1 fully saturated rings. The van der Waals surface area contributed by atoms with Gasteiger partial charge in [-0.3, -0.25) is 0 Å². The highest BCUT2D eigenvalue weighted by Crippen LogP contribution is 2.23. The quantitative estimate of drug-likeness (QED) is 0.804. The fourth-order valence-corrected chi connectivity index (χ4v) is 3.09. The fourth-order valence-electron chi connectivity index (χ4n) is 2.15. The van der Waals surface area contributed by atoms with Crippen molar-refractivity contribution in [1.29, 1.82) is 0 Å². The van der Waals surface area contributed by atoms with Crippen LogP contribution in [0.15, 0.2) is 12.1 Å². The fraction of sp³-hybridized carbons (Fsp3) is 0.636. The molecule has 1 aliphatic rings. The molecule has 0 aromatic carbocycles. The smallest absolute Gasteiger partial charge is 0.0292 e. The van der Waals surface area contributed by atoms with Crippen LogP contribution in [0.2, 0.25) is 0 Å². The van der Waals surface area contributed by atoms with Crippen molar-refractivity contribution in [2.24, 2.45) is 5.73 Å². The Balaban J connectivity index is 2.03. The molecule has 78 valence electrons. The maximum atomic E-state index is 6.09. The van der Waals surface area contributed by atoms with Gasteiger partial charge in [0.15, 0.2) is 0 Å². The molecule has 0 saturated carbocycles. The number of likely N-dealkylation sites (N-methyl/N-ethyl adjacent to an activating group) is 1. The summed E-state index contributed by atoms with van der Waals surface area (Å²) >= 11 is 1.90. The summed E-state index contributed by atoms with van der Waals surface area (Å²) in [4.78, 5) is 5.26. The van der Waals surface area contributed by atoms with Gasteiger partial charge in [-0.15, -0.1) is 11.3 Å². The number of hydrogen-bond acceptors (Lipinski definition) is 3. The molecule has 0 amide bonds. The summed E-state index contributed by atoms with van der Waals surface area (Å²) < 4.78 is 0. The van der Waals surface area contributed by atoms with E-state index in [2.05, 4.69) is 31.0 Å². The van der Waals surface area contributed by atoms with Gasteiger partial charge in [-0.2, -0.15) is 0 Å². The van der Waals surface area contributed by atoms with E-state index in [4.69, 9.17) is 5.73 Å². The first kappa shape index (κ1) is 10.1. The Morgan fingerprint density at radius 3 is 2.86 bits per heavy atom. The van der Waals surface area contributed by atoms with Gasteiger partial charge >= 0.3 is 0 Å². The maximum absolute atomic E-state index is 6.09.